The quantitative estimate of drug-likeness (QED) is 0.663. The summed E-state index contributed by atoms with van der Waals surface area (Å²) in [7, 11) is 0. The number of nitrogens with one attached hydrogen (secondary N) is 1. The molecule has 1 N–H and O–H groups in total. The van der Waals surface area contributed by atoms with Crippen molar-refractivity contribution >= 4 is 11.8 Å². The SMILES string of the molecule is CCC1(CNCCSC)CCCC1. The summed E-state index contributed by atoms with van der Waals surface area (Å²) in [6.07, 6.45) is 9.35. The molecular formula is C11H23NS. The average Bonchev–Trinajstić information content (AvgIpc) is 2.62. The molecule has 0 radical (unpaired) electrons. The Labute approximate surface area is 87.1 Å². The molecule has 0 aromatic rings. The molecule has 1 aliphatic rings. The Hall–Kier alpha value is 0.310. The van der Waals surface area contributed by atoms with Crippen LogP contribution < -0.4 is 5.32 Å². The van der Waals surface area contributed by atoms with E-state index in [9.17, 15) is 0 Å². The van der Waals surface area contributed by atoms with Crippen LogP contribution in [0.25, 0.3) is 0 Å². The van der Waals surface area contributed by atoms with Crippen molar-refractivity contribution in [1.82, 2.24) is 5.32 Å². The van der Waals surface area contributed by atoms with Gasteiger partial charge in [-0.05, 0) is 30.9 Å². The third-order valence-electron chi connectivity index (χ3n) is 3.40. The molecule has 1 saturated carbocycles. The van der Waals surface area contributed by atoms with E-state index in [1.807, 2.05) is 11.8 Å². The molecule has 0 aromatic carbocycles. The maximum Gasteiger partial charge on any atom is 0.00553 e. The van der Waals surface area contributed by atoms with Crippen LogP contribution in [0.5, 0.6) is 0 Å². The highest BCUT2D eigenvalue weighted by atomic mass is 32.2. The Bertz CT molecular complexity index is 130. The van der Waals surface area contributed by atoms with Crippen molar-refractivity contribution in [2.75, 3.05) is 25.1 Å². The van der Waals surface area contributed by atoms with Gasteiger partial charge in [0, 0.05) is 18.8 Å². The molecule has 1 fully saturated rings. The highest BCUT2D eigenvalue weighted by molar-refractivity contribution is 7.98. The van der Waals surface area contributed by atoms with Crippen LogP contribution in [0.2, 0.25) is 0 Å². The van der Waals surface area contributed by atoms with E-state index in [0.29, 0.717) is 5.41 Å². The second kappa shape index (κ2) is 5.92. The summed E-state index contributed by atoms with van der Waals surface area (Å²) in [4.78, 5) is 0. The standard InChI is InChI=1S/C11H23NS/c1-3-11(6-4-5-7-11)10-12-8-9-13-2/h12H,3-10H2,1-2H3. The minimum Gasteiger partial charge on any atom is -0.315 e. The van der Waals surface area contributed by atoms with E-state index >= 15 is 0 Å². The average molecular weight is 201 g/mol. The lowest BCUT2D eigenvalue weighted by Gasteiger charge is -2.27. The van der Waals surface area contributed by atoms with Gasteiger partial charge in [-0.25, -0.2) is 0 Å². The Morgan fingerprint density at radius 1 is 1.31 bits per heavy atom. The van der Waals surface area contributed by atoms with Crippen molar-refractivity contribution in [2.24, 2.45) is 5.41 Å². The second-order valence-electron chi connectivity index (χ2n) is 4.23. The zero-order valence-electron chi connectivity index (χ0n) is 9.07. The molecule has 0 saturated heterocycles. The van der Waals surface area contributed by atoms with Crippen LogP contribution in [0.4, 0.5) is 0 Å². The Balaban J connectivity index is 2.16. The van der Waals surface area contributed by atoms with Gasteiger partial charge in [0.25, 0.3) is 0 Å². The van der Waals surface area contributed by atoms with E-state index in [1.165, 1.54) is 50.9 Å². The van der Waals surface area contributed by atoms with Gasteiger partial charge in [-0.1, -0.05) is 19.8 Å². The number of thioether (sulfide) groups is 1. The zero-order chi connectivity index (χ0) is 9.57. The van der Waals surface area contributed by atoms with Crippen LogP contribution in [-0.2, 0) is 0 Å². The van der Waals surface area contributed by atoms with Crippen LogP contribution in [0, 0.1) is 5.41 Å². The van der Waals surface area contributed by atoms with E-state index in [4.69, 9.17) is 0 Å². The molecular weight excluding hydrogens is 178 g/mol. The van der Waals surface area contributed by atoms with E-state index < -0.39 is 0 Å². The first-order valence-electron chi connectivity index (χ1n) is 5.53. The highest BCUT2D eigenvalue weighted by Gasteiger charge is 2.30. The van der Waals surface area contributed by atoms with Crippen LogP contribution in [0.3, 0.4) is 0 Å². The van der Waals surface area contributed by atoms with Crippen molar-refractivity contribution in [3.63, 3.8) is 0 Å². The first kappa shape index (κ1) is 11.4. The van der Waals surface area contributed by atoms with Crippen molar-refractivity contribution in [3.8, 4) is 0 Å². The Morgan fingerprint density at radius 2 is 2.00 bits per heavy atom. The van der Waals surface area contributed by atoms with Crippen LogP contribution >= 0.6 is 11.8 Å². The molecule has 0 aliphatic heterocycles. The number of hydrogen-bond donors (Lipinski definition) is 1. The summed E-state index contributed by atoms with van der Waals surface area (Å²) < 4.78 is 0. The molecule has 0 spiro atoms. The van der Waals surface area contributed by atoms with Crippen molar-refractivity contribution < 1.29 is 0 Å². The molecule has 0 atom stereocenters. The van der Waals surface area contributed by atoms with Gasteiger partial charge in [0.15, 0.2) is 0 Å². The maximum absolute atomic E-state index is 3.60. The summed E-state index contributed by atoms with van der Waals surface area (Å²) in [5.41, 5.74) is 0.665. The van der Waals surface area contributed by atoms with Crippen molar-refractivity contribution in [3.05, 3.63) is 0 Å². The van der Waals surface area contributed by atoms with Gasteiger partial charge < -0.3 is 5.32 Å². The smallest absolute Gasteiger partial charge is 0.00553 e. The van der Waals surface area contributed by atoms with Crippen LogP contribution in [0.15, 0.2) is 0 Å². The van der Waals surface area contributed by atoms with Gasteiger partial charge in [-0.15, -0.1) is 0 Å². The molecule has 0 aromatic heterocycles. The monoisotopic (exact) mass is 201 g/mol. The minimum atomic E-state index is 0.665. The molecule has 1 rings (SSSR count). The summed E-state index contributed by atoms with van der Waals surface area (Å²) >= 11 is 1.93. The van der Waals surface area contributed by atoms with Crippen LogP contribution in [0.1, 0.15) is 39.0 Å². The molecule has 78 valence electrons. The van der Waals surface area contributed by atoms with Crippen LogP contribution in [-0.4, -0.2) is 25.1 Å². The van der Waals surface area contributed by atoms with Gasteiger partial charge >= 0.3 is 0 Å². The van der Waals surface area contributed by atoms with E-state index in [1.54, 1.807) is 0 Å². The normalized spacial score (nSPS) is 20.8. The van der Waals surface area contributed by atoms with E-state index in [2.05, 4.69) is 18.5 Å². The fraction of sp³-hybridized carbons (Fsp3) is 1.00. The zero-order valence-corrected chi connectivity index (χ0v) is 9.88. The molecule has 0 amide bonds. The first-order chi connectivity index (χ1) is 6.33. The Kier molecular flexibility index (Phi) is 5.18. The summed E-state index contributed by atoms with van der Waals surface area (Å²) in [5.74, 6) is 1.25. The van der Waals surface area contributed by atoms with Gasteiger partial charge in [0.05, 0.1) is 0 Å². The molecule has 0 bridgehead atoms. The van der Waals surface area contributed by atoms with Gasteiger partial charge in [-0.3, -0.25) is 0 Å². The number of hydrogen-bond acceptors (Lipinski definition) is 2. The fourth-order valence-corrected chi connectivity index (χ4v) is 2.66. The lowest BCUT2D eigenvalue weighted by atomic mass is 9.83. The third kappa shape index (κ3) is 3.51. The summed E-state index contributed by atoms with van der Waals surface area (Å²) in [6, 6.07) is 0. The summed E-state index contributed by atoms with van der Waals surface area (Å²) in [5, 5.41) is 3.60. The van der Waals surface area contributed by atoms with Gasteiger partial charge in [0.2, 0.25) is 0 Å². The predicted octanol–water partition coefficient (Wildman–Crippen LogP) is 2.91. The summed E-state index contributed by atoms with van der Waals surface area (Å²) in [6.45, 7) is 4.79. The van der Waals surface area contributed by atoms with E-state index in [0.717, 1.165) is 0 Å². The molecule has 13 heavy (non-hydrogen) atoms. The lowest BCUT2D eigenvalue weighted by Crippen LogP contribution is -2.32. The molecule has 2 heteroatoms. The Morgan fingerprint density at radius 3 is 2.54 bits per heavy atom. The predicted molar refractivity (Wildman–Crippen MR) is 62.4 cm³/mol. The van der Waals surface area contributed by atoms with E-state index in [-0.39, 0.29) is 0 Å². The highest BCUT2D eigenvalue weighted by Crippen LogP contribution is 2.40. The maximum atomic E-state index is 3.60. The van der Waals surface area contributed by atoms with Crippen molar-refractivity contribution in [1.29, 1.82) is 0 Å². The second-order valence-corrected chi connectivity index (χ2v) is 5.22. The minimum absolute atomic E-state index is 0.665. The lowest BCUT2D eigenvalue weighted by molar-refractivity contribution is 0.271. The first-order valence-corrected chi connectivity index (χ1v) is 6.92. The topological polar surface area (TPSA) is 12.0 Å². The number of rotatable bonds is 6. The fourth-order valence-electron chi connectivity index (χ4n) is 2.31. The van der Waals surface area contributed by atoms with Gasteiger partial charge in [-0.2, -0.15) is 11.8 Å². The molecule has 1 nitrogen and oxygen atoms in total. The third-order valence-corrected chi connectivity index (χ3v) is 4.01. The molecule has 0 unspecified atom stereocenters. The molecule has 0 heterocycles. The largest absolute Gasteiger partial charge is 0.315 e. The van der Waals surface area contributed by atoms with Gasteiger partial charge in [0.1, 0.15) is 0 Å². The molecule has 1 aliphatic carbocycles. The van der Waals surface area contributed by atoms with Crippen molar-refractivity contribution in [2.45, 2.75) is 39.0 Å².